The van der Waals surface area contributed by atoms with Gasteiger partial charge < -0.3 is 13.9 Å². The van der Waals surface area contributed by atoms with Crippen molar-refractivity contribution in [2.75, 3.05) is 0 Å². The van der Waals surface area contributed by atoms with E-state index < -0.39 is 5.60 Å². The van der Waals surface area contributed by atoms with Gasteiger partial charge in [0.1, 0.15) is 11.4 Å². The molecule has 0 amide bonds. The Bertz CT molecular complexity index is 3460. The van der Waals surface area contributed by atoms with Crippen LogP contribution >= 0.6 is 0 Å². The second-order valence-corrected chi connectivity index (χ2v) is 18.3. The fraction of sp³-hybridized carbons (Fsp3) is 0.158. The normalized spacial score (nSPS) is 20.4. The lowest BCUT2D eigenvalue weighted by molar-refractivity contribution is 0.157. The van der Waals surface area contributed by atoms with Gasteiger partial charge >= 0.3 is 0 Å². The number of hydrogen-bond acceptors (Lipinski definition) is 1. The molecule has 13 rings (SSSR count). The van der Waals surface area contributed by atoms with Crippen molar-refractivity contribution in [1.82, 2.24) is 9.13 Å². The van der Waals surface area contributed by atoms with Gasteiger partial charge in [0.2, 0.25) is 0 Å². The molecule has 0 spiro atoms. The maximum Gasteiger partial charge on any atom is 0.149 e. The smallest absolute Gasteiger partial charge is 0.149 e. The predicted octanol–water partition coefficient (Wildman–Crippen LogP) is 14.4. The largest absolute Gasteiger partial charge is 0.480 e. The van der Waals surface area contributed by atoms with Crippen LogP contribution in [0.2, 0.25) is 0 Å². The van der Waals surface area contributed by atoms with Crippen LogP contribution in [0.15, 0.2) is 164 Å². The molecule has 3 heteroatoms. The summed E-state index contributed by atoms with van der Waals surface area (Å²) in [4.78, 5) is 0. The van der Waals surface area contributed by atoms with Crippen LogP contribution in [0.25, 0.3) is 83.2 Å². The summed E-state index contributed by atoms with van der Waals surface area (Å²) in [5.41, 5.74) is 17.2. The van der Waals surface area contributed by atoms with Gasteiger partial charge in [-0.05, 0) is 130 Å². The molecule has 1 aliphatic heterocycles. The highest BCUT2D eigenvalue weighted by atomic mass is 16.5. The monoisotopic (exact) mass is 772 g/mol. The lowest BCUT2D eigenvalue weighted by Gasteiger charge is -2.27. The second kappa shape index (κ2) is 11.9. The highest BCUT2D eigenvalue weighted by Crippen LogP contribution is 2.56. The van der Waals surface area contributed by atoms with E-state index >= 15 is 0 Å². The number of allylic oxidation sites excluding steroid dienone is 3. The van der Waals surface area contributed by atoms with Gasteiger partial charge in [0.05, 0.1) is 16.6 Å². The molecule has 2 aromatic heterocycles. The van der Waals surface area contributed by atoms with E-state index in [0.29, 0.717) is 5.92 Å². The molecular weight excluding hydrogens is 729 g/mol. The number of aromatic nitrogens is 2. The number of rotatable bonds is 3. The van der Waals surface area contributed by atoms with Crippen molar-refractivity contribution in [2.45, 2.75) is 51.0 Å². The van der Waals surface area contributed by atoms with Gasteiger partial charge in [-0.1, -0.05) is 130 Å². The molecule has 0 saturated heterocycles. The summed E-state index contributed by atoms with van der Waals surface area (Å²) in [5.74, 6) is 1.54. The van der Waals surface area contributed by atoms with E-state index in [1.54, 1.807) is 0 Å². The topological polar surface area (TPSA) is 19.1 Å². The molecule has 3 heterocycles. The molecule has 0 bridgehead atoms. The first kappa shape index (κ1) is 34.1. The fourth-order valence-corrected chi connectivity index (χ4v) is 11.4. The van der Waals surface area contributed by atoms with Crippen molar-refractivity contribution in [1.29, 1.82) is 0 Å². The van der Waals surface area contributed by atoms with Crippen LogP contribution in [0.5, 0.6) is 5.75 Å². The van der Waals surface area contributed by atoms with Crippen molar-refractivity contribution in [2.24, 2.45) is 5.92 Å². The van der Waals surface area contributed by atoms with Crippen molar-refractivity contribution in [3.63, 3.8) is 0 Å². The van der Waals surface area contributed by atoms with E-state index in [1.165, 1.54) is 93.9 Å². The molecule has 4 aliphatic rings. The summed E-state index contributed by atoms with van der Waals surface area (Å²) in [7, 11) is 0. The summed E-state index contributed by atoms with van der Waals surface area (Å²) >= 11 is 0. The molecule has 0 radical (unpaired) electrons. The minimum Gasteiger partial charge on any atom is -0.480 e. The number of hydrogen-bond donors (Lipinski definition) is 0. The number of benzene rings is 7. The van der Waals surface area contributed by atoms with Gasteiger partial charge in [-0.15, -0.1) is 0 Å². The molecule has 9 aromatic rings. The molecular formula is C57H44N2O. The van der Waals surface area contributed by atoms with Gasteiger partial charge in [-0.2, -0.15) is 0 Å². The summed E-state index contributed by atoms with van der Waals surface area (Å²) in [5, 5.41) is 6.30. The van der Waals surface area contributed by atoms with E-state index in [4.69, 9.17) is 4.74 Å². The lowest BCUT2D eigenvalue weighted by Crippen LogP contribution is -2.32. The Labute approximate surface area is 350 Å². The van der Waals surface area contributed by atoms with Crippen LogP contribution in [0, 0.1) is 5.92 Å². The van der Waals surface area contributed by atoms with Gasteiger partial charge in [-0.3, -0.25) is 0 Å². The molecule has 3 unspecified atom stereocenters. The van der Waals surface area contributed by atoms with Gasteiger partial charge in [0.25, 0.3) is 0 Å². The lowest BCUT2D eigenvalue weighted by atomic mass is 9.81. The summed E-state index contributed by atoms with van der Waals surface area (Å²) < 4.78 is 12.2. The van der Waals surface area contributed by atoms with Gasteiger partial charge in [-0.25, -0.2) is 0 Å². The summed E-state index contributed by atoms with van der Waals surface area (Å²) in [6.45, 7) is 9.32. The third-order valence-electron chi connectivity index (χ3n) is 14.4. The Morgan fingerprint density at radius 1 is 0.617 bits per heavy atom. The maximum absolute atomic E-state index is 7.25. The molecule has 0 saturated carbocycles. The standard InChI is InChI=1S/C57H44N2O/c1-34-20-26-51-44(29-34)45-31-37(22-27-52(45)58(51)38-23-21-35-13-5-6-14-36(35)30-38)43-33-46-48-18-11-12-28-57(48,4)60-55(46)54-53(43)42-16-8-10-19-50(42)59(54)39-24-25-41-40-15-7-9-17-47(40)56(2,3)49(41)32-39/h5-28,30-34,48H,29H2,1-4H3. The van der Waals surface area contributed by atoms with E-state index in [2.05, 4.69) is 207 Å². The molecule has 3 atom stereocenters. The second-order valence-electron chi connectivity index (χ2n) is 18.3. The average Bonchev–Trinajstić information content (AvgIpc) is 3.96. The number of para-hydroxylation sites is 1. The molecule has 60 heavy (non-hydrogen) atoms. The zero-order valence-electron chi connectivity index (χ0n) is 34.3. The molecule has 288 valence electrons. The van der Waals surface area contributed by atoms with Crippen LogP contribution in [0.1, 0.15) is 61.6 Å². The van der Waals surface area contributed by atoms with Crippen LogP contribution in [-0.2, 0) is 11.8 Å². The van der Waals surface area contributed by atoms with Crippen molar-refractivity contribution < 1.29 is 4.74 Å². The Morgan fingerprint density at radius 3 is 2.30 bits per heavy atom. The number of ether oxygens (including phenoxy) is 1. The molecule has 3 nitrogen and oxygen atoms in total. The predicted molar refractivity (Wildman–Crippen MR) is 250 cm³/mol. The maximum atomic E-state index is 7.25. The Hall–Kier alpha value is -6.84. The molecule has 0 N–H and O–H groups in total. The van der Waals surface area contributed by atoms with E-state index in [0.717, 1.165) is 23.4 Å². The highest BCUT2D eigenvalue weighted by molar-refractivity contribution is 6.19. The van der Waals surface area contributed by atoms with Crippen molar-refractivity contribution >= 4 is 49.6 Å². The summed E-state index contributed by atoms with van der Waals surface area (Å²) in [6, 6.07) is 50.3. The first-order valence-corrected chi connectivity index (χ1v) is 21.5. The zero-order valence-corrected chi connectivity index (χ0v) is 34.3. The summed E-state index contributed by atoms with van der Waals surface area (Å²) in [6.07, 6.45) is 14.7. The van der Waals surface area contributed by atoms with Gasteiger partial charge in [0.15, 0.2) is 0 Å². The fourth-order valence-electron chi connectivity index (χ4n) is 11.4. The van der Waals surface area contributed by atoms with E-state index in [-0.39, 0.29) is 11.3 Å². The minimum atomic E-state index is -0.478. The Balaban J connectivity index is 1.10. The van der Waals surface area contributed by atoms with E-state index in [9.17, 15) is 0 Å². The van der Waals surface area contributed by atoms with Crippen LogP contribution in [0.3, 0.4) is 0 Å². The van der Waals surface area contributed by atoms with Crippen LogP contribution < -0.4 is 4.74 Å². The first-order chi connectivity index (χ1) is 29.3. The number of fused-ring (bicyclic) bond motifs is 14. The van der Waals surface area contributed by atoms with Crippen LogP contribution in [0.4, 0.5) is 0 Å². The van der Waals surface area contributed by atoms with Crippen LogP contribution in [-0.4, -0.2) is 14.7 Å². The quantitative estimate of drug-likeness (QED) is 0.175. The van der Waals surface area contributed by atoms with Crippen molar-refractivity contribution in [3.8, 4) is 39.4 Å². The first-order valence-electron chi connectivity index (χ1n) is 21.5. The molecule has 3 aliphatic carbocycles. The SMILES string of the molecule is CC1C=Cc2c(c3cc(-c4cc5c(c6c4c4ccccc4n6-c4ccc6c(c4)C(C)(C)c4ccccc4-6)OC4(C)C=CC=CC54)ccc3n2-c2ccc3ccccc3c2)C1. The number of nitrogens with zero attached hydrogens (tertiary/aromatic N) is 2. The highest BCUT2D eigenvalue weighted by Gasteiger charge is 2.45. The van der Waals surface area contributed by atoms with Crippen molar-refractivity contribution in [3.05, 3.63) is 192 Å². The molecule has 7 aromatic carbocycles. The third kappa shape index (κ3) is 4.50. The average molecular weight is 773 g/mol. The Kier molecular flexibility index (Phi) is 6.75. The molecule has 0 fully saturated rings. The Morgan fingerprint density at radius 2 is 1.38 bits per heavy atom. The van der Waals surface area contributed by atoms with E-state index in [1.807, 2.05) is 0 Å². The minimum absolute atomic E-state index is 0.0945. The van der Waals surface area contributed by atoms with Gasteiger partial charge in [0, 0.05) is 50.1 Å². The zero-order chi connectivity index (χ0) is 40.1. The third-order valence-corrected chi connectivity index (χ3v) is 14.4.